The molecule has 0 heterocycles. The smallest absolute Gasteiger partial charge is 0.109 e. The molecule has 2 aromatic rings. The normalized spacial score (nSPS) is 10.9. The van der Waals surface area contributed by atoms with E-state index in [4.69, 9.17) is 5.73 Å². The van der Waals surface area contributed by atoms with Crippen LogP contribution in [0.2, 0.25) is 0 Å². The molecule has 4 heteroatoms. The third-order valence-corrected chi connectivity index (χ3v) is 2.86. The SMILES string of the molecule is Cc1cc(N=Nc2ccccc2)c(N)cc1N(C)C. The van der Waals surface area contributed by atoms with Gasteiger partial charge in [0.15, 0.2) is 0 Å². The lowest BCUT2D eigenvalue weighted by molar-refractivity contribution is 1.11. The second kappa shape index (κ2) is 5.52. The van der Waals surface area contributed by atoms with Gasteiger partial charge in [0.05, 0.1) is 11.4 Å². The van der Waals surface area contributed by atoms with Crippen molar-refractivity contribution in [3.05, 3.63) is 48.0 Å². The van der Waals surface area contributed by atoms with Crippen LogP contribution in [0.25, 0.3) is 0 Å². The molecule has 2 rings (SSSR count). The summed E-state index contributed by atoms with van der Waals surface area (Å²) in [5.74, 6) is 0. The molecular formula is C15H18N4. The van der Waals surface area contributed by atoms with Crippen molar-refractivity contribution in [3.8, 4) is 0 Å². The fourth-order valence-corrected chi connectivity index (χ4v) is 1.87. The highest BCUT2D eigenvalue weighted by molar-refractivity contribution is 5.72. The quantitative estimate of drug-likeness (QED) is 0.663. The lowest BCUT2D eigenvalue weighted by Gasteiger charge is -2.16. The number of aryl methyl sites for hydroxylation is 1. The minimum atomic E-state index is 0.633. The molecule has 98 valence electrons. The Labute approximate surface area is 113 Å². The van der Waals surface area contributed by atoms with Crippen LogP contribution in [0.1, 0.15) is 5.56 Å². The minimum Gasteiger partial charge on any atom is -0.397 e. The maximum absolute atomic E-state index is 6.01. The second-order valence-electron chi connectivity index (χ2n) is 4.63. The summed E-state index contributed by atoms with van der Waals surface area (Å²) in [4.78, 5) is 2.03. The standard InChI is InChI=1S/C15H18N4/c1-11-9-14(13(16)10-15(11)19(2)3)18-17-12-7-5-4-6-8-12/h4-10H,16H2,1-3H3. The third-order valence-electron chi connectivity index (χ3n) is 2.86. The first-order valence-electron chi connectivity index (χ1n) is 6.12. The molecule has 0 unspecified atom stereocenters. The molecule has 4 nitrogen and oxygen atoms in total. The van der Waals surface area contributed by atoms with E-state index >= 15 is 0 Å². The number of nitrogens with zero attached hydrogens (tertiary/aromatic N) is 3. The Morgan fingerprint density at radius 1 is 1.00 bits per heavy atom. The number of hydrogen-bond acceptors (Lipinski definition) is 4. The van der Waals surface area contributed by atoms with Crippen molar-refractivity contribution in [2.24, 2.45) is 10.2 Å². The Morgan fingerprint density at radius 2 is 1.68 bits per heavy atom. The predicted molar refractivity (Wildman–Crippen MR) is 80.5 cm³/mol. The Balaban J connectivity index is 2.32. The summed E-state index contributed by atoms with van der Waals surface area (Å²) in [7, 11) is 3.99. The van der Waals surface area contributed by atoms with E-state index in [1.54, 1.807) is 0 Å². The molecule has 0 saturated heterocycles. The maximum atomic E-state index is 6.01. The minimum absolute atomic E-state index is 0.633. The largest absolute Gasteiger partial charge is 0.397 e. The number of benzene rings is 2. The molecule has 0 aromatic heterocycles. The van der Waals surface area contributed by atoms with Crippen LogP contribution in [0.5, 0.6) is 0 Å². The van der Waals surface area contributed by atoms with E-state index in [2.05, 4.69) is 10.2 Å². The van der Waals surface area contributed by atoms with Crippen LogP contribution in [-0.4, -0.2) is 14.1 Å². The fourth-order valence-electron chi connectivity index (χ4n) is 1.87. The van der Waals surface area contributed by atoms with Gasteiger partial charge in [0.25, 0.3) is 0 Å². The van der Waals surface area contributed by atoms with E-state index in [0.717, 1.165) is 16.9 Å². The van der Waals surface area contributed by atoms with Gasteiger partial charge < -0.3 is 10.6 Å². The molecule has 0 spiro atoms. The lowest BCUT2D eigenvalue weighted by Crippen LogP contribution is -2.10. The van der Waals surface area contributed by atoms with E-state index in [9.17, 15) is 0 Å². The highest BCUT2D eigenvalue weighted by Gasteiger charge is 2.06. The van der Waals surface area contributed by atoms with Crippen molar-refractivity contribution < 1.29 is 0 Å². The summed E-state index contributed by atoms with van der Waals surface area (Å²) in [6, 6.07) is 13.5. The van der Waals surface area contributed by atoms with Gasteiger partial charge in [-0.1, -0.05) is 18.2 Å². The molecule has 0 aliphatic carbocycles. The van der Waals surface area contributed by atoms with Crippen LogP contribution in [-0.2, 0) is 0 Å². The summed E-state index contributed by atoms with van der Waals surface area (Å²) < 4.78 is 0. The maximum Gasteiger partial charge on any atom is 0.109 e. The van der Waals surface area contributed by atoms with Gasteiger partial charge in [-0.3, -0.25) is 0 Å². The zero-order chi connectivity index (χ0) is 13.8. The molecule has 0 saturated carbocycles. The van der Waals surface area contributed by atoms with Crippen molar-refractivity contribution in [2.45, 2.75) is 6.92 Å². The van der Waals surface area contributed by atoms with Crippen LogP contribution in [0.15, 0.2) is 52.7 Å². The summed E-state index contributed by atoms with van der Waals surface area (Å²) in [6.07, 6.45) is 0. The number of anilines is 2. The molecule has 0 aliphatic rings. The molecule has 0 aliphatic heterocycles. The highest BCUT2D eigenvalue weighted by atomic mass is 15.1. The van der Waals surface area contributed by atoms with E-state index in [-0.39, 0.29) is 0 Å². The molecule has 2 N–H and O–H groups in total. The number of hydrogen-bond donors (Lipinski definition) is 1. The summed E-state index contributed by atoms with van der Waals surface area (Å²) >= 11 is 0. The van der Waals surface area contributed by atoms with Gasteiger partial charge in [-0.15, -0.1) is 5.11 Å². The van der Waals surface area contributed by atoms with E-state index in [1.165, 1.54) is 0 Å². The zero-order valence-electron chi connectivity index (χ0n) is 11.5. The van der Waals surface area contributed by atoms with Crippen LogP contribution in [0.4, 0.5) is 22.7 Å². The molecule has 0 fully saturated rings. The van der Waals surface area contributed by atoms with Crippen molar-refractivity contribution in [2.75, 3.05) is 24.7 Å². The van der Waals surface area contributed by atoms with Gasteiger partial charge >= 0.3 is 0 Å². The van der Waals surface area contributed by atoms with Crippen molar-refractivity contribution in [1.82, 2.24) is 0 Å². The first-order valence-corrected chi connectivity index (χ1v) is 6.12. The van der Waals surface area contributed by atoms with Crippen molar-refractivity contribution >= 4 is 22.7 Å². The van der Waals surface area contributed by atoms with E-state index in [0.29, 0.717) is 11.4 Å². The van der Waals surface area contributed by atoms with Gasteiger partial charge in [0.1, 0.15) is 5.69 Å². The summed E-state index contributed by atoms with van der Waals surface area (Å²) in [5.41, 5.74) is 10.4. The molecule has 0 bridgehead atoms. The highest BCUT2D eigenvalue weighted by Crippen LogP contribution is 2.31. The van der Waals surface area contributed by atoms with Gasteiger partial charge in [-0.25, -0.2) is 0 Å². The van der Waals surface area contributed by atoms with Crippen molar-refractivity contribution in [1.29, 1.82) is 0 Å². The van der Waals surface area contributed by atoms with Gasteiger partial charge in [0.2, 0.25) is 0 Å². The average molecular weight is 254 g/mol. The topological polar surface area (TPSA) is 54.0 Å². The molecule has 19 heavy (non-hydrogen) atoms. The van der Waals surface area contributed by atoms with Gasteiger partial charge in [0, 0.05) is 19.8 Å². The molecule has 2 aromatic carbocycles. The van der Waals surface area contributed by atoms with Gasteiger partial charge in [-0.05, 0) is 36.8 Å². The number of nitrogen functional groups attached to an aromatic ring is 1. The van der Waals surface area contributed by atoms with Crippen LogP contribution in [0, 0.1) is 6.92 Å². The summed E-state index contributed by atoms with van der Waals surface area (Å²) in [5, 5.41) is 8.40. The average Bonchev–Trinajstić information content (AvgIpc) is 2.40. The molecule has 0 amide bonds. The monoisotopic (exact) mass is 254 g/mol. The van der Waals surface area contributed by atoms with Crippen LogP contribution in [0.3, 0.4) is 0 Å². The fraction of sp³-hybridized carbons (Fsp3) is 0.200. The number of rotatable bonds is 3. The summed E-state index contributed by atoms with van der Waals surface area (Å²) in [6.45, 7) is 2.04. The first kappa shape index (κ1) is 13.1. The third kappa shape index (κ3) is 3.10. The zero-order valence-corrected chi connectivity index (χ0v) is 11.5. The number of azo groups is 1. The molecule has 0 radical (unpaired) electrons. The van der Waals surface area contributed by atoms with Crippen LogP contribution >= 0.6 is 0 Å². The Bertz CT molecular complexity index is 589. The van der Waals surface area contributed by atoms with Crippen LogP contribution < -0.4 is 10.6 Å². The Hall–Kier alpha value is -2.36. The second-order valence-corrected chi connectivity index (χ2v) is 4.63. The number of nitrogens with two attached hydrogens (primary N) is 1. The Kier molecular flexibility index (Phi) is 3.80. The van der Waals surface area contributed by atoms with Gasteiger partial charge in [-0.2, -0.15) is 5.11 Å². The molecular weight excluding hydrogens is 236 g/mol. The lowest BCUT2D eigenvalue weighted by atomic mass is 10.1. The molecule has 0 atom stereocenters. The van der Waals surface area contributed by atoms with E-state index in [1.807, 2.05) is 68.4 Å². The predicted octanol–water partition coefficient (Wildman–Crippen LogP) is 4.06. The Morgan fingerprint density at radius 3 is 2.32 bits per heavy atom. The van der Waals surface area contributed by atoms with E-state index < -0.39 is 0 Å². The van der Waals surface area contributed by atoms with Crippen molar-refractivity contribution in [3.63, 3.8) is 0 Å². The first-order chi connectivity index (χ1) is 9.08.